The molecule has 0 aliphatic carbocycles. The van der Waals surface area contributed by atoms with E-state index in [-0.39, 0.29) is 21.4 Å². The lowest BCUT2D eigenvalue weighted by atomic mass is 10.2. The number of carbonyl (C=O) groups excluding carboxylic acids is 2. The zero-order valence-electron chi connectivity index (χ0n) is 17.7. The number of benzene rings is 2. The van der Waals surface area contributed by atoms with Crippen molar-refractivity contribution in [2.45, 2.75) is 43.4 Å². The fourth-order valence-corrected chi connectivity index (χ4v) is 6.19. The molecule has 1 N–H and O–H groups in total. The molecule has 2 heterocycles. The van der Waals surface area contributed by atoms with Gasteiger partial charge in [-0.2, -0.15) is 4.31 Å². The summed E-state index contributed by atoms with van der Waals surface area (Å²) < 4.78 is 27.9. The van der Waals surface area contributed by atoms with Crippen LogP contribution in [0.3, 0.4) is 0 Å². The third-order valence-electron chi connectivity index (χ3n) is 5.89. The van der Waals surface area contributed by atoms with Crippen molar-refractivity contribution in [2.75, 3.05) is 29.9 Å². The average molecular weight is 476 g/mol. The third kappa shape index (κ3) is 4.67. The highest BCUT2D eigenvalue weighted by Crippen LogP contribution is 2.31. The van der Waals surface area contributed by atoms with Crippen LogP contribution in [0, 0.1) is 0 Å². The predicted octanol–water partition coefficient (Wildman–Crippen LogP) is 4.28. The summed E-state index contributed by atoms with van der Waals surface area (Å²) >= 11 is 6.25. The molecule has 9 heteroatoms. The fourth-order valence-electron chi connectivity index (χ4n) is 4.18. The van der Waals surface area contributed by atoms with Gasteiger partial charge in [-0.05, 0) is 49.6 Å². The van der Waals surface area contributed by atoms with Crippen LogP contribution < -0.4 is 10.2 Å². The SMILES string of the molecule is O=C(Nc1ccccc1N1CCCC1=O)c1ccc(Cl)c(S(=O)(=O)N2CCCCCC2)c1. The zero-order chi connectivity index (χ0) is 22.7. The number of nitrogens with zero attached hydrogens (tertiary/aromatic N) is 2. The zero-order valence-corrected chi connectivity index (χ0v) is 19.3. The molecule has 0 aromatic heterocycles. The highest BCUT2D eigenvalue weighted by atomic mass is 35.5. The smallest absolute Gasteiger partial charge is 0.255 e. The lowest BCUT2D eigenvalue weighted by Crippen LogP contribution is -2.32. The molecular weight excluding hydrogens is 450 g/mol. The Morgan fingerprint density at radius 1 is 0.938 bits per heavy atom. The molecule has 32 heavy (non-hydrogen) atoms. The highest BCUT2D eigenvalue weighted by Gasteiger charge is 2.29. The number of sulfonamides is 1. The molecule has 4 rings (SSSR count). The van der Waals surface area contributed by atoms with E-state index in [1.165, 1.54) is 22.5 Å². The molecule has 0 atom stereocenters. The van der Waals surface area contributed by atoms with Crippen LogP contribution in [0.25, 0.3) is 0 Å². The Morgan fingerprint density at radius 2 is 1.66 bits per heavy atom. The fraction of sp³-hybridized carbons (Fsp3) is 0.391. The van der Waals surface area contributed by atoms with Crippen LogP contribution in [0.2, 0.25) is 5.02 Å². The van der Waals surface area contributed by atoms with E-state index in [4.69, 9.17) is 11.6 Å². The number of hydrogen-bond donors (Lipinski definition) is 1. The summed E-state index contributed by atoms with van der Waals surface area (Å²) in [5, 5.41) is 2.92. The molecule has 170 valence electrons. The Morgan fingerprint density at radius 3 is 2.34 bits per heavy atom. The van der Waals surface area contributed by atoms with Crippen LogP contribution in [0.5, 0.6) is 0 Å². The predicted molar refractivity (Wildman–Crippen MR) is 125 cm³/mol. The van der Waals surface area contributed by atoms with Gasteiger partial charge in [0.05, 0.1) is 16.4 Å². The van der Waals surface area contributed by atoms with Crippen molar-refractivity contribution >= 4 is 44.8 Å². The summed E-state index contributed by atoms with van der Waals surface area (Å²) in [5.74, 6) is -0.447. The van der Waals surface area contributed by atoms with Crippen LogP contribution in [-0.4, -0.2) is 44.2 Å². The summed E-state index contributed by atoms with van der Waals surface area (Å²) in [6.07, 6.45) is 4.88. The number of hydrogen-bond acceptors (Lipinski definition) is 4. The number of nitrogens with one attached hydrogen (secondary N) is 1. The first-order chi connectivity index (χ1) is 15.4. The van der Waals surface area contributed by atoms with Crippen LogP contribution in [0.15, 0.2) is 47.4 Å². The van der Waals surface area contributed by atoms with E-state index in [2.05, 4.69) is 5.32 Å². The third-order valence-corrected chi connectivity index (χ3v) is 8.27. The standard InChI is InChI=1S/C23H26ClN3O4S/c24-18-12-11-17(16-21(18)32(30,31)26-13-5-1-2-6-14-26)23(29)25-19-8-3-4-9-20(19)27-15-7-10-22(27)28/h3-4,8-9,11-12,16H,1-2,5-7,10,13-15H2,(H,25,29). The number of para-hydroxylation sites is 2. The first kappa shape index (κ1) is 22.8. The molecule has 0 spiro atoms. The van der Waals surface area contributed by atoms with Crippen LogP contribution in [-0.2, 0) is 14.8 Å². The molecule has 0 unspecified atom stereocenters. The second-order valence-electron chi connectivity index (χ2n) is 8.08. The van der Waals surface area contributed by atoms with Crippen molar-refractivity contribution in [3.8, 4) is 0 Å². The molecule has 0 saturated carbocycles. The monoisotopic (exact) mass is 475 g/mol. The van der Waals surface area contributed by atoms with Crippen LogP contribution in [0.1, 0.15) is 48.9 Å². The first-order valence-electron chi connectivity index (χ1n) is 10.9. The van der Waals surface area contributed by atoms with Gasteiger partial charge in [0.25, 0.3) is 5.91 Å². The Kier molecular flexibility index (Phi) is 6.83. The Bertz CT molecular complexity index is 1130. The molecule has 7 nitrogen and oxygen atoms in total. The second-order valence-corrected chi connectivity index (χ2v) is 10.4. The van der Waals surface area contributed by atoms with Gasteiger partial charge in [-0.15, -0.1) is 0 Å². The summed E-state index contributed by atoms with van der Waals surface area (Å²) in [5.41, 5.74) is 1.32. The van der Waals surface area contributed by atoms with E-state index >= 15 is 0 Å². The van der Waals surface area contributed by atoms with Gasteiger partial charge in [-0.25, -0.2) is 8.42 Å². The van der Waals surface area contributed by atoms with Crippen molar-refractivity contribution in [3.05, 3.63) is 53.1 Å². The van der Waals surface area contributed by atoms with Crippen molar-refractivity contribution in [2.24, 2.45) is 0 Å². The van der Waals surface area contributed by atoms with Gasteiger partial charge < -0.3 is 10.2 Å². The van der Waals surface area contributed by atoms with Gasteiger partial charge in [-0.3, -0.25) is 9.59 Å². The Labute approximate surface area is 193 Å². The topological polar surface area (TPSA) is 86.8 Å². The molecule has 2 aromatic rings. The van der Waals surface area contributed by atoms with Crippen molar-refractivity contribution in [1.82, 2.24) is 4.31 Å². The number of anilines is 2. The van der Waals surface area contributed by atoms with Crippen LogP contribution in [0.4, 0.5) is 11.4 Å². The van der Waals surface area contributed by atoms with E-state index in [0.717, 1.165) is 32.1 Å². The number of carbonyl (C=O) groups is 2. The summed E-state index contributed by atoms with van der Waals surface area (Å²) in [6.45, 7) is 1.50. The maximum Gasteiger partial charge on any atom is 0.255 e. The van der Waals surface area contributed by atoms with Gasteiger partial charge in [-0.1, -0.05) is 36.6 Å². The van der Waals surface area contributed by atoms with Crippen molar-refractivity contribution in [1.29, 1.82) is 0 Å². The molecule has 2 aliphatic rings. The van der Waals surface area contributed by atoms with E-state index in [9.17, 15) is 18.0 Å². The maximum absolute atomic E-state index is 13.2. The quantitative estimate of drug-likeness (QED) is 0.699. The minimum atomic E-state index is -3.80. The van der Waals surface area contributed by atoms with E-state index < -0.39 is 15.9 Å². The summed E-state index contributed by atoms with van der Waals surface area (Å²) in [7, 11) is -3.80. The largest absolute Gasteiger partial charge is 0.320 e. The van der Waals surface area contributed by atoms with E-state index in [1.54, 1.807) is 23.1 Å². The second kappa shape index (κ2) is 9.60. The molecular formula is C23H26ClN3O4S. The lowest BCUT2D eigenvalue weighted by Gasteiger charge is -2.21. The number of halogens is 1. The lowest BCUT2D eigenvalue weighted by molar-refractivity contribution is -0.117. The molecule has 2 aromatic carbocycles. The summed E-state index contributed by atoms with van der Waals surface area (Å²) in [4.78, 5) is 26.8. The van der Waals surface area contributed by atoms with Crippen LogP contribution >= 0.6 is 11.6 Å². The molecule has 2 aliphatic heterocycles. The van der Waals surface area contributed by atoms with Gasteiger partial charge >= 0.3 is 0 Å². The molecule has 2 fully saturated rings. The average Bonchev–Trinajstić information content (AvgIpc) is 3.02. The van der Waals surface area contributed by atoms with Gasteiger partial charge in [0.1, 0.15) is 4.90 Å². The van der Waals surface area contributed by atoms with Gasteiger partial charge in [0, 0.05) is 31.6 Å². The highest BCUT2D eigenvalue weighted by molar-refractivity contribution is 7.89. The molecule has 2 saturated heterocycles. The van der Waals surface area contributed by atoms with E-state index in [0.29, 0.717) is 37.4 Å². The minimum absolute atomic E-state index is 0.0176. The Hall–Kier alpha value is -2.42. The molecule has 2 amide bonds. The molecule has 0 radical (unpaired) electrons. The van der Waals surface area contributed by atoms with Gasteiger partial charge in [0.2, 0.25) is 15.9 Å². The first-order valence-corrected chi connectivity index (χ1v) is 12.7. The summed E-state index contributed by atoms with van der Waals surface area (Å²) in [6, 6.07) is 11.4. The van der Waals surface area contributed by atoms with Gasteiger partial charge in [0.15, 0.2) is 0 Å². The molecule has 0 bridgehead atoms. The van der Waals surface area contributed by atoms with E-state index in [1.807, 2.05) is 6.07 Å². The number of amides is 2. The minimum Gasteiger partial charge on any atom is -0.320 e. The number of rotatable bonds is 5. The van der Waals surface area contributed by atoms with Crippen molar-refractivity contribution in [3.63, 3.8) is 0 Å². The Balaban J connectivity index is 1.60. The van der Waals surface area contributed by atoms with Crippen molar-refractivity contribution < 1.29 is 18.0 Å². The normalized spacial score (nSPS) is 17.9. The maximum atomic E-state index is 13.2.